The number of ether oxygens (including phenoxy) is 1. The molecule has 74 valence electrons. The molecule has 0 bridgehead atoms. The van der Waals surface area contributed by atoms with Crippen molar-refractivity contribution in [2.75, 3.05) is 18.6 Å². The molecule has 0 N–H and O–H groups in total. The van der Waals surface area contributed by atoms with Crippen LogP contribution >= 0.6 is 0 Å². The number of fused-ring (bicyclic) bond motifs is 1. The van der Waals surface area contributed by atoms with Gasteiger partial charge in [-0.2, -0.15) is 0 Å². The van der Waals surface area contributed by atoms with E-state index in [0.717, 1.165) is 0 Å². The van der Waals surface area contributed by atoms with Gasteiger partial charge in [-0.25, -0.2) is 4.98 Å². The fraction of sp³-hybridized carbons (Fsp3) is 0.400. The lowest BCUT2D eigenvalue weighted by molar-refractivity contribution is -0.122. The van der Waals surface area contributed by atoms with Gasteiger partial charge in [-0.15, -0.1) is 0 Å². The van der Waals surface area contributed by atoms with E-state index in [4.69, 9.17) is 4.74 Å². The molecular weight excluding hydrogens is 180 g/mol. The molecule has 1 aliphatic heterocycles. The smallest absolute Gasteiger partial charge is 0.234 e. The lowest BCUT2D eigenvalue weighted by atomic mass is 10.2. The van der Waals surface area contributed by atoms with Crippen LogP contribution in [0.1, 0.15) is 6.92 Å². The Labute approximate surface area is 82.5 Å². The Balaban J connectivity index is 2.45. The third kappa shape index (κ3) is 1.32. The van der Waals surface area contributed by atoms with Crippen molar-refractivity contribution in [2.24, 2.45) is 5.92 Å². The molecule has 0 saturated carbocycles. The van der Waals surface area contributed by atoms with Gasteiger partial charge in [0.15, 0.2) is 11.6 Å². The van der Waals surface area contributed by atoms with Crippen LogP contribution in [0.5, 0.6) is 5.75 Å². The first kappa shape index (κ1) is 8.99. The average molecular weight is 192 g/mol. The number of pyridine rings is 1. The Bertz CT molecular complexity index is 365. The molecule has 2 heterocycles. The van der Waals surface area contributed by atoms with E-state index in [1.165, 1.54) is 0 Å². The van der Waals surface area contributed by atoms with Gasteiger partial charge >= 0.3 is 0 Å². The van der Waals surface area contributed by atoms with Crippen molar-refractivity contribution in [3.63, 3.8) is 0 Å². The molecule has 0 saturated heterocycles. The summed E-state index contributed by atoms with van der Waals surface area (Å²) in [5.41, 5.74) is 0. The number of rotatable bonds is 0. The minimum atomic E-state index is -0.116. The number of aromatic nitrogens is 1. The van der Waals surface area contributed by atoms with Crippen molar-refractivity contribution in [2.45, 2.75) is 6.92 Å². The topological polar surface area (TPSA) is 42.4 Å². The number of anilines is 1. The van der Waals surface area contributed by atoms with E-state index in [-0.39, 0.29) is 11.8 Å². The fourth-order valence-electron chi connectivity index (χ4n) is 1.47. The zero-order valence-corrected chi connectivity index (χ0v) is 8.23. The Morgan fingerprint density at radius 2 is 2.43 bits per heavy atom. The fourth-order valence-corrected chi connectivity index (χ4v) is 1.47. The Kier molecular flexibility index (Phi) is 2.11. The predicted molar refractivity (Wildman–Crippen MR) is 52.3 cm³/mol. The maximum atomic E-state index is 11.7. The minimum absolute atomic E-state index is 0.0439. The Hall–Kier alpha value is -1.58. The summed E-state index contributed by atoms with van der Waals surface area (Å²) in [6.07, 6.45) is 1.65. The molecule has 0 aliphatic carbocycles. The first-order valence-corrected chi connectivity index (χ1v) is 4.55. The van der Waals surface area contributed by atoms with E-state index < -0.39 is 0 Å². The van der Waals surface area contributed by atoms with Gasteiger partial charge in [0.25, 0.3) is 0 Å². The number of hydrogen-bond donors (Lipinski definition) is 0. The van der Waals surface area contributed by atoms with Crippen LogP contribution in [0.15, 0.2) is 18.3 Å². The van der Waals surface area contributed by atoms with Gasteiger partial charge in [0.1, 0.15) is 0 Å². The van der Waals surface area contributed by atoms with Crippen LogP contribution in [0.25, 0.3) is 0 Å². The SMILES string of the molecule is CC1COc2cccnc2N(C)C1=O. The summed E-state index contributed by atoms with van der Waals surface area (Å²) in [6, 6.07) is 3.62. The Morgan fingerprint density at radius 3 is 3.21 bits per heavy atom. The molecule has 1 aromatic rings. The third-order valence-electron chi connectivity index (χ3n) is 2.31. The molecule has 0 radical (unpaired) electrons. The second kappa shape index (κ2) is 3.29. The molecule has 0 fully saturated rings. The van der Waals surface area contributed by atoms with E-state index in [9.17, 15) is 4.79 Å². The van der Waals surface area contributed by atoms with Gasteiger partial charge in [0.05, 0.1) is 12.5 Å². The van der Waals surface area contributed by atoms with Gasteiger partial charge in [0.2, 0.25) is 5.91 Å². The maximum absolute atomic E-state index is 11.7. The molecule has 4 nitrogen and oxygen atoms in total. The zero-order chi connectivity index (χ0) is 10.1. The first-order chi connectivity index (χ1) is 6.70. The quantitative estimate of drug-likeness (QED) is 0.617. The largest absolute Gasteiger partial charge is 0.489 e. The van der Waals surface area contributed by atoms with Gasteiger partial charge < -0.3 is 4.74 Å². The molecule has 1 aliphatic rings. The number of amides is 1. The van der Waals surface area contributed by atoms with Crippen LogP contribution in [-0.4, -0.2) is 24.5 Å². The van der Waals surface area contributed by atoms with Crippen molar-refractivity contribution in [1.29, 1.82) is 0 Å². The highest BCUT2D eigenvalue weighted by Crippen LogP contribution is 2.28. The van der Waals surface area contributed by atoms with Gasteiger partial charge in [-0.05, 0) is 12.1 Å². The van der Waals surface area contributed by atoms with E-state index in [1.54, 1.807) is 24.2 Å². The average Bonchev–Trinajstić information content (AvgIpc) is 2.32. The number of nitrogens with zero attached hydrogens (tertiary/aromatic N) is 2. The van der Waals surface area contributed by atoms with Crippen LogP contribution in [-0.2, 0) is 4.79 Å². The number of carbonyl (C=O) groups is 1. The van der Waals surface area contributed by atoms with Crippen molar-refractivity contribution < 1.29 is 9.53 Å². The first-order valence-electron chi connectivity index (χ1n) is 4.55. The highest BCUT2D eigenvalue weighted by atomic mass is 16.5. The molecule has 1 atom stereocenters. The van der Waals surface area contributed by atoms with E-state index in [0.29, 0.717) is 18.2 Å². The summed E-state index contributed by atoms with van der Waals surface area (Å²) in [7, 11) is 1.72. The molecule has 2 rings (SSSR count). The van der Waals surface area contributed by atoms with E-state index in [2.05, 4.69) is 4.98 Å². The second-order valence-corrected chi connectivity index (χ2v) is 3.43. The molecule has 14 heavy (non-hydrogen) atoms. The molecular formula is C10H12N2O2. The minimum Gasteiger partial charge on any atom is -0.489 e. The van der Waals surface area contributed by atoms with Crippen molar-refractivity contribution >= 4 is 11.7 Å². The molecule has 1 aromatic heterocycles. The molecule has 4 heteroatoms. The highest BCUT2D eigenvalue weighted by Gasteiger charge is 2.26. The van der Waals surface area contributed by atoms with Crippen LogP contribution in [0, 0.1) is 5.92 Å². The lowest BCUT2D eigenvalue weighted by Crippen LogP contribution is -2.32. The summed E-state index contributed by atoms with van der Waals surface area (Å²) in [4.78, 5) is 17.4. The monoisotopic (exact) mass is 192 g/mol. The number of hydrogen-bond acceptors (Lipinski definition) is 3. The summed E-state index contributed by atoms with van der Waals surface area (Å²) in [6.45, 7) is 2.27. The van der Waals surface area contributed by atoms with Gasteiger partial charge in [-0.3, -0.25) is 9.69 Å². The normalized spacial score (nSPS) is 21.1. The van der Waals surface area contributed by atoms with E-state index in [1.807, 2.05) is 13.0 Å². The molecule has 1 unspecified atom stereocenters. The second-order valence-electron chi connectivity index (χ2n) is 3.43. The summed E-state index contributed by atoms with van der Waals surface area (Å²) >= 11 is 0. The van der Waals surface area contributed by atoms with E-state index >= 15 is 0 Å². The summed E-state index contributed by atoms with van der Waals surface area (Å²) in [5, 5.41) is 0. The maximum Gasteiger partial charge on any atom is 0.234 e. The lowest BCUT2D eigenvalue weighted by Gasteiger charge is -2.15. The summed E-state index contributed by atoms with van der Waals surface area (Å²) < 4.78 is 5.48. The van der Waals surface area contributed by atoms with Crippen LogP contribution in [0.4, 0.5) is 5.82 Å². The standard InChI is InChI=1S/C10H12N2O2/c1-7-6-14-8-4-3-5-11-9(8)12(2)10(7)13/h3-5,7H,6H2,1-2H3. The number of carbonyl (C=O) groups excluding carboxylic acids is 1. The van der Waals surface area contributed by atoms with Crippen molar-refractivity contribution in [3.8, 4) is 5.75 Å². The predicted octanol–water partition coefficient (Wildman–Crippen LogP) is 1.07. The van der Waals surface area contributed by atoms with Crippen LogP contribution in [0.2, 0.25) is 0 Å². The zero-order valence-electron chi connectivity index (χ0n) is 8.23. The van der Waals surface area contributed by atoms with Crippen LogP contribution in [0.3, 0.4) is 0 Å². The van der Waals surface area contributed by atoms with Crippen molar-refractivity contribution in [1.82, 2.24) is 4.98 Å². The molecule has 0 aromatic carbocycles. The van der Waals surface area contributed by atoms with Crippen molar-refractivity contribution in [3.05, 3.63) is 18.3 Å². The summed E-state index contributed by atoms with van der Waals surface area (Å²) in [5.74, 6) is 1.20. The van der Waals surface area contributed by atoms with Crippen LogP contribution < -0.4 is 9.64 Å². The van der Waals surface area contributed by atoms with Gasteiger partial charge in [-0.1, -0.05) is 6.92 Å². The third-order valence-corrected chi connectivity index (χ3v) is 2.31. The Morgan fingerprint density at radius 1 is 1.64 bits per heavy atom. The highest BCUT2D eigenvalue weighted by molar-refractivity contribution is 5.95. The van der Waals surface area contributed by atoms with Gasteiger partial charge in [0, 0.05) is 13.2 Å². The molecule has 0 spiro atoms. The molecule has 1 amide bonds.